The zero-order valence-corrected chi connectivity index (χ0v) is 11.0. The molecule has 1 atom stereocenters. The van der Waals surface area contributed by atoms with Crippen molar-refractivity contribution in [1.29, 1.82) is 0 Å². The molecule has 0 aliphatic carbocycles. The van der Waals surface area contributed by atoms with Crippen LogP contribution in [0.1, 0.15) is 36.5 Å². The molecule has 0 saturated carbocycles. The molecule has 1 unspecified atom stereocenters. The van der Waals surface area contributed by atoms with Crippen molar-refractivity contribution in [2.75, 3.05) is 18.5 Å². The van der Waals surface area contributed by atoms with Gasteiger partial charge in [-0.15, -0.1) is 0 Å². The van der Waals surface area contributed by atoms with Crippen molar-refractivity contribution < 1.29 is 19.4 Å². The van der Waals surface area contributed by atoms with Gasteiger partial charge in [0.05, 0.1) is 5.69 Å². The summed E-state index contributed by atoms with van der Waals surface area (Å²) in [6.07, 6.45) is 2.57. The molecular weight excluding hydrogens is 249 g/mol. The number of rotatable bonds is 8. The van der Waals surface area contributed by atoms with Gasteiger partial charge in [0.2, 0.25) is 0 Å². The first-order chi connectivity index (χ1) is 9.10. The number of aromatic carboxylic acids is 1. The first kappa shape index (κ1) is 15.4. The van der Waals surface area contributed by atoms with Crippen LogP contribution in [0.25, 0.3) is 0 Å². The highest BCUT2D eigenvalue weighted by molar-refractivity contribution is 5.94. The molecule has 0 saturated heterocycles. The maximum atomic E-state index is 13.5. The number of aliphatic hydroxyl groups is 1. The van der Waals surface area contributed by atoms with Crippen molar-refractivity contribution in [3.63, 3.8) is 0 Å². The number of hydrogen-bond acceptors (Lipinski definition) is 3. The van der Waals surface area contributed by atoms with Crippen molar-refractivity contribution in [2.45, 2.75) is 26.2 Å². The van der Waals surface area contributed by atoms with Crippen LogP contribution in [0.4, 0.5) is 10.1 Å². The van der Waals surface area contributed by atoms with Gasteiger partial charge in [-0.25, -0.2) is 9.18 Å². The number of hydrogen-bond donors (Lipinski definition) is 3. The Labute approximate surface area is 112 Å². The van der Waals surface area contributed by atoms with E-state index in [2.05, 4.69) is 12.2 Å². The van der Waals surface area contributed by atoms with E-state index in [4.69, 9.17) is 10.2 Å². The highest BCUT2D eigenvalue weighted by atomic mass is 19.1. The number of benzene rings is 1. The van der Waals surface area contributed by atoms with Gasteiger partial charge in [-0.3, -0.25) is 0 Å². The predicted molar refractivity (Wildman–Crippen MR) is 71.9 cm³/mol. The van der Waals surface area contributed by atoms with Crippen LogP contribution in [0.3, 0.4) is 0 Å². The zero-order chi connectivity index (χ0) is 14.3. The maximum absolute atomic E-state index is 13.5. The Balaban J connectivity index is 2.76. The third-order valence-electron chi connectivity index (χ3n) is 3.04. The molecule has 0 radical (unpaired) electrons. The number of carboxylic acid groups (broad SMARTS) is 1. The van der Waals surface area contributed by atoms with Crippen molar-refractivity contribution in [1.82, 2.24) is 0 Å². The standard InChI is InChI=1S/C14H20FNO3/c1-2-4-10(7-8-17)9-16-12-6-3-5-11(15)13(12)14(18)19/h3,5-6,10,16-17H,2,4,7-9H2,1H3,(H,18,19). The van der Waals surface area contributed by atoms with Crippen molar-refractivity contribution >= 4 is 11.7 Å². The molecule has 19 heavy (non-hydrogen) atoms. The van der Waals surface area contributed by atoms with Gasteiger partial charge in [0, 0.05) is 13.2 Å². The summed E-state index contributed by atoms with van der Waals surface area (Å²) in [5.41, 5.74) is -0.0479. The van der Waals surface area contributed by atoms with Crippen LogP contribution >= 0.6 is 0 Å². The first-order valence-electron chi connectivity index (χ1n) is 6.46. The second-order valence-electron chi connectivity index (χ2n) is 4.52. The number of carbonyl (C=O) groups is 1. The molecule has 4 nitrogen and oxygen atoms in total. The van der Waals surface area contributed by atoms with Crippen LogP contribution in [0.15, 0.2) is 18.2 Å². The molecule has 0 fully saturated rings. The Morgan fingerprint density at radius 1 is 1.42 bits per heavy atom. The molecule has 3 N–H and O–H groups in total. The second kappa shape index (κ2) is 7.74. The molecule has 1 rings (SSSR count). The van der Waals surface area contributed by atoms with Crippen LogP contribution in [0, 0.1) is 11.7 Å². The van der Waals surface area contributed by atoms with Crippen LogP contribution in [-0.4, -0.2) is 29.3 Å². The van der Waals surface area contributed by atoms with Crippen LogP contribution in [0.2, 0.25) is 0 Å². The number of aliphatic hydroxyl groups excluding tert-OH is 1. The average molecular weight is 269 g/mol. The monoisotopic (exact) mass is 269 g/mol. The Kier molecular flexibility index (Phi) is 6.29. The van der Waals surface area contributed by atoms with Gasteiger partial charge in [0.1, 0.15) is 11.4 Å². The minimum Gasteiger partial charge on any atom is -0.478 e. The minimum atomic E-state index is -1.28. The van der Waals surface area contributed by atoms with E-state index in [-0.39, 0.29) is 23.8 Å². The third kappa shape index (κ3) is 4.52. The molecule has 1 aromatic carbocycles. The molecule has 0 bridgehead atoms. The second-order valence-corrected chi connectivity index (χ2v) is 4.52. The SMILES string of the molecule is CCCC(CCO)CNc1cccc(F)c1C(=O)O. The van der Waals surface area contributed by atoms with Crippen LogP contribution in [0.5, 0.6) is 0 Å². The minimum absolute atomic E-state index is 0.0985. The Hall–Kier alpha value is -1.62. The number of nitrogens with one attached hydrogen (secondary N) is 1. The summed E-state index contributed by atoms with van der Waals surface area (Å²) in [7, 11) is 0. The Morgan fingerprint density at radius 2 is 2.16 bits per heavy atom. The molecule has 1 aromatic rings. The number of halogens is 1. The van der Waals surface area contributed by atoms with E-state index in [0.717, 1.165) is 18.9 Å². The Bertz CT molecular complexity index is 417. The van der Waals surface area contributed by atoms with Gasteiger partial charge in [-0.2, -0.15) is 0 Å². The molecule has 0 aliphatic rings. The van der Waals surface area contributed by atoms with Crippen LogP contribution < -0.4 is 5.32 Å². The molecule has 106 valence electrons. The lowest BCUT2D eigenvalue weighted by Gasteiger charge is -2.17. The van der Waals surface area contributed by atoms with E-state index in [1.54, 1.807) is 6.07 Å². The van der Waals surface area contributed by atoms with Gasteiger partial charge in [-0.05, 0) is 30.9 Å². The normalized spacial score (nSPS) is 12.2. The molecule has 0 spiro atoms. The smallest absolute Gasteiger partial charge is 0.340 e. The van der Waals surface area contributed by atoms with Gasteiger partial charge in [0.15, 0.2) is 0 Å². The molecular formula is C14H20FNO3. The summed E-state index contributed by atoms with van der Waals surface area (Å²) >= 11 is 0. The van der Waals surface area contributed by atoms with Crippen molar-refractivity contribution in [3.8, 4) is 0 Å². The third-order valence-corrected chi connectivity index (χ3v) is 3.04. The average Bonchev–Trinajstić information content (AvgIpc) is 2.36. The fourth-order valence-corrected chi connectivity index (χ4v) is 2.08. The van der Waals surface area contributed by atoms with Crippen molar-refractivity contribution in [2.24, 2.45) is 5.92 Å². The molecule has 0 aromatic heterocycles. The first-order valence-corrected chi connectivity index (χ1v) is 6.46. The molecule has 0 heterocycles. The summed E-state index contributed by atoms with van der Waals surface area (Å²) in [5.74, 6) is -1.78. The summed E-state index contributed by atoms with van der Waals surface area (Å²) < 4.78 is 13.5. The highest BCUT2D eigenvalue weighted by Crippen LogP contribution is 2.20. The lowest BCUT2D eigenvalue weighted by Crippen LogP contribution is -2.17. The van der Waals surface area contributed by atoms with Crippen LogP contribution in [-0.2, 0) is 0 Å². The summed E-state index contributed by atoms with van der Waals surface area (Å²) in [5, 5.41) is 20.9. The van der Waals surface area contributed by atoms with E-state index >= 15 is 0 Å². The van der Waals surface area contributed by atoms with E-state index in [0.29, 0.717) is 13.0 Å². The van der Waals surface area contributed by atoms with E-state index in [1.807, 2.05) is 0 Å². The van der Waals surface area contributed by atoms with Gasteiger partial charge < -0.3 is 15.5 Å². The molecule has 0 amide bonds. The maximum Gasteiger partial charge on any atom is 0.340 e. The topological polar surface area (TPSA) is 69.6 Å². The lowest BCUT2D eigenvalue weighted by atomic mass is 10.00. The fourth-order valence-electron chi connectivity index (χ4n) is 2.08. The number of carboxylic acids is 1. The van der Waals surface area contributed by atoms with Gasteiger partial charge in [0.25, 0.3) is 0 Å². The van der Waals surface area contributed by atoms with Gasteiger partial charge in [-0.1, -0.05) is 19.4 Å². The predicted octanol–water partition coefficient (Wildman–Crippen LogP) is 2.73. The lowest BCUT2D eigenvalue weighted by molar-refractivity contribution is 0.0693. The highest BCUT2D eigenvalue weighted by Gasteiger charge is 2.16. The van der Waals surface area contributed by atoms with E-state index in [1.165, 1.54) is 6.07 Å². The summed E-state index contributed by atoms with van der Waals surface area (Å²) in [6, 6.07) is 4.16. The van der Waals surface area contributed by atoms with E-state index < -0.39 is 11.8 Å². The fraction of sp³-hybridized carbons (Fsp3) is 0.500. The summed E-state index contributed by atoms with van der Waals surface area (Å²) in [6.45, 7) is 2.68. The Morgan fingerprint density at radius 3 is 2.74 bits per heavy atom. The number of anilines is 1. The van der Waals surface area contributed by atoms with Gasteiger partial charge >= 0.3 is 5.97 Å². The van der Waals surface area contributed by atoms with Crippen molar-refractivity contribution in [3.05, 3.63) is 29.6 Å². The molecule has 5 heteroatoms. The van der Waals surface area contributed by atoms with E-state index in [9.17, 15) is 9.18 Å². The zero-order valence-electron chi connectivity index (χ0n) is 11.0. The summed E-state index contributed by atoms with van der Waals surface area (Å²) in [4.78, 5) is 11.0. The largest absolute Gasteiger partial charge is 0.478 e. The molecule has 0 aliphatic heterocycles. The quantitative estimate of drug-likeness (QED) is 0.678.